The van der Waals surface area contributed by atoms with Gasteiger partial charge in [-0.25, -0.2) is 0 Å². The van der Waals surface area contributed by atoms with Crippen LogP contribution in [0.15, 0.2) is 0 Å². The number of aliphatic hydroxyl groups is 2. The maximum absolute atomic E-state index is 10.1. The molecule has 0 aromatic rings. The van der Waals surface area contributed by atoms with Gasteiger partial charge >= 0.3 is 0 Å². The standard InChI is InChI=1S/C12H24O3S.CH2O/c1-7-9(13)8(6-16-5)15-11(10(7)14)12(2,3)4;1-2/h7-11,13-14H,6H2,1-5H3;1H2/t7-,8+,9-,10+,11-;/m0./s1. The summed E-state index contributed by atoms with van der Waals surface area (Å²) in [6.45, 7) is 10.1. The number of carbonyl (C=O) groups excluding carboxylic acids is 1. The Balaban J connectivity index is 0.00000137. The van der Waals surface area contributed by atoms with Crippen molar-refractivity contribution in [3.8, 4) is 0 Å². The number of hydrogen-bond acceptors (Lipinski definition) is 5. The minimum absolute atomic E-state index is 0.107. The Morgan fingerprint density at radius 1 is 1.22 bits per heavy atom. The highest BCUT2D eigenvalue weighted by atomic mass is 32.2. The predicted octanol–water partition coefficient (Wildman–Crippen LogP) is 1.34. The van der Waals surface area contributed by atoms with Crippen molar-refractivity contribution in [2.75, 3.05) is 12.0 Å². The largest absolute Gasteiger partial charge is 0.390 e. The van der Waals surface area contributed by atoms with Gasteiger partial charge in [0.2, 0.25) is 0 Å². The van der Waals surface area contributed by atoms with Gasteiger partial charge in [0.25, 0.3) is 0 Å². The topological polar surface area (TPSA) is 66.8 Å². The second kappa shape index (κ2) is 7.48. The van der Waals surface area contributed by atoms with E-state index in [9.17, 15) is 10.2 Å². The Kier molecular flexibility index (Phi) is 7.44. The molecule has 0 aliphatic carbocycles. The average Bonchev–Trinajstić information content (AvgIpc) is 2.31. The first kappa shape index (κ1) is 17.9. The van der Waals surface area contributed by atoms with Crippen LogP contribution in [0.2, 0.25) is 0 Å². The van der Waals surface area contributed by atoms with Gasteiger partial charge in [-0.3, -0.25) is 0 Å². The van der Waals surface area contributed by atoms with Crippen LogP contribution in [0.4, 0.5) is 0 Å². The minimum Gasteiger partial charge on any atom is -0.390 e. The van der Waals surface area contributed by atoms with Gasteiger partial charge in [-0.05, 0) is 11.7 Å². The van der Waals surface area contributed by atoms with Crippen molar-refractivity contribution in [3.05, 3.63) is 0 Å². The van der Waals surface area contributed by atoms with E-state index in [1.807, 2.05) is 20.0 Å². The van der Waals surface area contributed by atoms with Crippen LogP contribution in [-0.2, 0) is 9.53 Å². The summed E-state index contributed by atoms with van der Waals surface area (Å²) in [7, 11) is 0. The summed E-state index contributed by atoms with van der Waals surface area (Å²) >= 11 is 1.66. The molecule has 18 heavy (non-hydrogen) atoms. The van der Waals surface area contributed by atoms with Gasteiger partial charge in [-0.15, -0.1) is 0 Å². The number of rotatable bonds is 2. The molecule has 1 rings (SSSR count). The van der Waals surface area contributed by atoms with Crippen LogP contribution in [0.3, 0.4) is 0 Å². The maximum Gasteiger partial charge on any atom is 0.106 e. The normalized spacial score (nSPS) is 36.7. The second-order valence-corrected chi connectivity index (χ2v) is 6.67. The third-order valence-corrected chi connectivity index (χ3v) is 3.94. The predicted molar refractivity (Wildman–Crippen MR) is 74.8 cm³/mol. The first-order chi connectivity index (χ1) is 8.29. The summed E-state index contributed by atoms with van der Waals surface area (Å²) in [4.78, 5) is 8.00. The molecule has 2 N–H and O–H groups in total. The molecule has 1 heterocycles. The summed E-state index contributed by atoms with van der Waals surface area (Å²) in [5.74, 6) is 0.639. The van der Waals surface area contributed by atoms with Crippen LogP contribution in [0.25, 0.3) is 0 Å². The minimum atomic E-state index is -0.590. The molecule has 0 spiro atoms. The Morgan fingerprint density at radius 3 is 2.11 bits per heavy atom. The SMILES string of the molecule is C=O.CSC[C@H]1O[C@H](C(C)(C)C)[C@H](O)[C@@H](C)[C@@H]1O. The fraction of sp³-hybridized carbons (Fsp3) is 0.923. The van der Waals surface area contributed by atoms with E-state index in [2.05, 4.69) is 20.8 Å². The lowest BCUT2D eigenvalue weighted by Gasteiger charge is -2.46. The summed E-state index contributed by atoms with van der Waals surface area (Å²) in [6.07, 6.45) is 0.465. The van der Waals surface area contributed by atoms with Crippen LogP contribution < -0.4 is 0 Å². The number of carbonyl (C=O) groups is 1. The molecule has 5 atom stereocenters. The molecule has 1 saturated heterocycles. The van der Waals surface area contributed by atoms with Crippen LogP contribution in [-0.4, -0.2) is 53.4 Å². The van der Waals surface area contributed by atoms with E-state index in [1.165, 1.54) is 0 Å². The lowest BCUT2D eigenvalue weighted by Crippen LogP contribution is -2.57. The molecule has 1 aliphatic rings. The van der Waals surface area contributed by atoms with Gasteiger partial charge in [0.05, 0.1) is 24.4 Å². The maximum atomic E-state index is 10.1. The number of hydrogen-bond donors (Lipinski definition) is 2. The van der Waals surface area contributed by atoms with E-state index in [-0.39, 0.29) is 23.5 Å². The quantitative estimate of drug-likeness (QED) is 0.798. The molecule has 0 unspecified atom stereocenters. The summed E-state index contributed by atoms with van der Waals surface area (Å²) in [6, 6.07) is 0. The molecule has 1 aliphatic heterocycles. The fourth-order valence-electron chi connectivity index (χ4n) is 2.18. The van der Waals surface area contributed by atoms with E-state index in [4.69, 9.17) is 9.53 Å². The molecule has 4 nitrogen and oxygen atoms in total. The van der Waals surface area contributed by atoms with E-state index in [1.54, 1.807) is 11.8 Å². The highest BCUT2D eigenvalue weighted by Gasteiger charge is 2.46. The Bertz CT molecular complexity index is 242. The van der Waals surface area contributed by atoms with Gasteiger partial charge in [0, 0.05) is 11.7 Å². The Labute approximate surface area is 114 Å². The number of aliphatic hydroxyl groups excluding tert-OH is 2. The molecular weight excluding hydrogens is 252 g/mol. The Morgan fingerprint density at radius 2 is 1.72 bits per heavy atom. The van der Waals surface area contributed by atoms with Crippen molar-refractivity contribution in [2.24, 2.45) is 11.3 Å². The van der Waals surface area contributed by atoms with Gasteiger partial charge in [-0.1, -0.05) is 27.7 Å². The van der Waals surface area contributed by atoms with Crippen molar-refractivity contribution in [1.29, 1.82) is 0 Å². The highest BCUT2D eigenvalue weighted by molar-refractivity contribution is 7.98. The smallest absolute Gasteiger partial charge is 0.106 e. The summed E-state index contributed by atoms with van der Waals surface area (Å²) < 4.78 is 5.87. The van der Waals surface area contributed by atoms with Crippen molar-refractivity contribution < 1.29 is 19.7 Å². The zero-order valence-corrected chi connectivity index (χ0v) is 12.7. The molecule has 0 radical (unpaired) electrons. The lowest BCUT2D eigenvalue weighted by atomic mass is 9.77. The zero-order valence-electron chi connectivity index (χ0n) is 11.9. The molecule has 1 fully saturated rings. The molecule has 0 aromatic carbocycles. The molecule has 0 bridgehead atoms. The fourth-order valence-corrected chi connectivity index (χ4v) is 2.79. The Hall–Kier alpha value is -0.100. The lowest BCUT2D eigenvalue weighted by molar-refractivity contribution is -0.216. The monoisotopic (exact) mass is 278 g/mol. The summed E-state index contributed by atoms with van der Waals surface area (Å²) in [5.41, 5.74) is -0.107. The van der Waals surface area contributed by atoms with Gasteiger partial charge in [0.1, 0.15) is 6.79 Å². The van der Waals surface area contributed by atoms with Gasteiger partial charge in [-0.2, -0.15) is 11.8 Å². The van der Waals surface area contributed by atoms with Crippen molar-refractivity contribution in [1.82, 2.24) is 0 Å². The van der Waals surface area contributed by atoms with Crippen molar-refractivity contribution >= 4 is 18.6 Å². The first-order valence-electron chi connectivity index (χ1n) is 6.08. The highest BCUT2D eigenvalue weighted by Crippen LogP contribution is 2.36. The average molecular weight is 278 g/mol. The zero-order chi connectivity index (χ0) is 14.5. The van der Waals surface area contributed by atoms with E-state index >= 15 is 0 Å². The van der Waals surface area contributed by atoms with E-state index in [0.29, 0.717) is 0 Å². The molecule has 0 amide bonds. The van der Waals surface area contributed by atoms with Crippen molar-refractivity contribution in [2.45, 2.75) is 52.1 Å². The first-order valence-corrected chi connectivity index (χ1v) is 7.47. The van der Waals surface area contributed by atoms with Crippen LogP contribution in [0, 0.1) is 11.3 Å². The molecule has 0 saturated carbocycles. The van der Waals surface area contributed by atoms with Crippen molar-refractivity contribution in [3.63, 3.8) is 0 Å². The summed E-state index contributed by atoms with van der Waals surface area (Å²) in [5, 5.41) is 20.2. The second-order valence-electron chi connectivity index (χ2n) is 5.76. The van der Waals surface area contributed by atoms with Gasteiger partial charge < -0.3 is 19.7 Å². The van der Waals surface area contributed by atoms with Crippen LogP contribution in [0.5, 0.6) is 0 Å². The van der Waals surface area contributed by atoms with Gasteiger partial charge in [0.15, 0.2) is 0 Å². The van der Waals surface area contributed by atoms with Crippen LogP contribution in [0.1, 0.15) is 27.7 Å². The number of ether oxygens (including phenoxy) is 1. The molecule has 0 aromatic heterocycles. The van der Waals surface area contributed by atoms with E-state index in [0.717, 1.165) is 5.75 Å². The molecule has 108 valence electrons. The van der Waals surface area contributed by atoms with E-state index < -0.39 is 12.2 Å². The third-order valence-electron chi connectivity index (χ3n) is 3.27. The number of thioether (sulfide) groups is 1. The molecular formula is C13H26O4S. The molecule has 5 heteroatoms. The van der Waals surface area contributed by atoms with Crippen LogP contribution >= 0.6 is 11.8 Å². The third kappa shape index (κ3) is 4.23.